The molecule has 1 saturated carbocycles. The van der Waals surface area contributed by atoms with Crippen LogP contribution in [0, 0.1) is 18.8 Å². The zero-order valence-electron chi connectivity index (χ0n) is 11.5. The van der Waals surface area contributed by atoms with Crippen LogP contribution in [0.4, 0.5) is 5.69 Å². The Morgan fingerprint density at radius 1 is 1.33 bits per heavy atom. The van der Waals surface area contributed by atoms with E-state index in [0.717, 1.165) is 18.4 Å². The molecule has 2 aliphatic rings. The number of anilines is 1. The summed E-state index contributed by atoms with van der Waals surface area (Å²) >= 11 is 0. The van der Waals surface area contributed by atoms with E-state index < -0.39 is 0 Å². The van der Waals surface area contributed by atoms with Gasteiger partial charge in [-0.3, -0.25) is 0 Å². The van der Waals surface area contributed by atoms with Crippen molar-refractivity contribution in [3.05, 3.63) is 29.8 Å². The van der Waals surface area contributed by atoms with Crippen LogP contribution in [-0.4, -0.2) is 26.2 Å². The molecule has 2 heteroatoms. The molecule has 98 valence electrons. The van der Waals surface area contributed by atoms with Crippen molar-refractivity contribution in [2.24, 2.45) is 11.8 Å². The number of fused-ring (bicyclic) bond motifs is 1. The Morgan fingerprint density at radius 3 is 3.06 bits per heavy atom. The highest BCUT2D eigenvalue weighted by Gasteiger charge is 2.39. The Labute approximate surface area is 110 Å². The number of hydrogen-bond donors (Lipinski definition) is 1. The van der Waals surface area contributed by atoms with Crippen molar-refractivity contribution in [2.75, 3.05) is 25.0 Å². The minimum atomic E-state index is 0.697. The van der Waals surface area contributed by atoms with Crippen molar-refractivity contribution >= 4 is 5.69 Å². The maximum atomic E-state index is 3.73. The first-order valence-electron chi connectivity index (χ1n) is 7.25. The monoisotopic (exact) mass is 244 g/mol. The molecule has 18 heavy (non-hydrogen) atoms. The minimum Gasteiger partial charge on any atom is -0.373 e. The van der Waals surface area contributed by atoms with Crippen molar-refractivity contribution < 1.29 is 0 Å². The fourth-order valence-corrected chi connectivity index (χ4v) is 3.77. The van der Waals surface area contributed by atoms with Crippen LogP contribution in [0.5, 0.6) is 0 Å². The minimum absolute atomic E-state index is 0.697. The highest BCUT2D eigenvalue weighted by Crippen LogP contribution is 2.38. The molecular formula is C16H24N2. The van der Waals surface area contributed by atoms with Crippen LogP contribution in [0.15, 0.2) is 24.3 Å². The Balaban J connectivity index is 1.66. The maximum Gasteiger partial charge on any atom is 0.0366 e. The number of rotatable bonds is 3. The molecular weight excluding hydrogens is 220 g/mol. The normalized spacial score (nSPS) is 30.4. The van der Waals surface area contributed by atoms with Gasteiger partial charge in [0, 0.05) is 25.3 Å². The predicted octanol–water partition coefficient (Wildman–Crippen LogP) is 2.82. The summed E-state index contributed by atoms with van der Waals surface area (Å²) in [4.78, 5) is 2.41. The van der Waals surface area contributed by atoms with Crippen LogP contribution in [0.2, 0.25) is 0 Å². The lowest BCUT2D eigenvalue weighted by molar-refractivity contribution is 0.413. The van der Waals surface area contributed by atoms with Crippen molar-refractivity contribution in [3.63, 3.8) is 0 Å². The van der Waals surface area contributed by atoms with Gasteiger partial charge in [-0.15, -0.1) is 0 Å². The quantitative estimate of drug-likeness (QED) is 0.879. The van der Waals surface area contributed by atoms with E-state index in [0.29, 0.717) is 6.04 Å². The van der Waals surface area contributed by atoms with E-state index >= 15 is 0 Å². The molecule has 3 rings (SSSR count). The van der Waals surface area contributed by atoms with Crippen LogP contribution in [-0.2, 0) is 0 Å². The molecule has 1 aromatic carbocycles. The van der Waals surface area contributed by atoms with E-state index in [1.807, 2.05) is 0 Å². The lowest BCUT2D eigenvalue weighted by Crippen LogP contribution is -2.39. The first-order valence-corrected chi connectivity index (χ1v) is 7.25. The zero-order chi connectivity index (χ0) is 12.5. The summed E-state index contributed by atoms with van der Waals surface area (Å²) in [7, 11) is 2.22. The number of nitrogens with one attached hydrogen (secondary N) is 1. The summed E-state index contributed by atoms with van der Waals surface area (Å²) in [6, 6.07) is 9.51. The Bertz CT molecular complexity index is 415. The van der Waals surface area contributed by atoms with E-state index in [1.54, 1.807) is 0 Å². The summed E-state index contributed by atoms with van der Waals surface area (Å²) in [6.07, 6.45) is 4.33. The molecule has 0 spiro atoms. The summed E-state index contributed by atoms with van der Waals surface area (Å²) in [5, 5.41) is 3.73. The number of nitrogens with zero attached hydrogens (tertiary/aromatic N) is 1. The van der Waals surface area contributed by atoms with Crippen molar-refractivity contribution in [1.29, 1.82) is 0 Å². The van der Waals surface area contributed by atoms with Gasteiger partial charge in [0.2, 0.25) is 0 Å². The Morgan fingerprint density at radius 2 is 2.22 bits per heavy atom. The average molecular weight is 244 g/mol. The van der Waals surface area contributed by atoms with E-state index in [1.165, 1.54) is 37.1 Å². The van der Waals surface area contributed by atoms with Gasteiger partial charge in [-0.05, 0) is 55.8 Å². The standard InChI is InChI=1S/C16H24N2/c1-12-5-3-7-14(9-12)18(2)11-16-15-8-4-6-13(15)10-17-16/h3,5,7,9,13,15-17H,4,6,8,10-11H2,1-2H3. The molecule has 0 radical (unpaired) electrons. The SMILES string of the molecule is Cc1cccc(N(C)CC2NCC3CCCC32)c1. The van der Waals surface area contributed by atoms with Crippen molar-refractivity contribution in [1.82, 2.24) is 5.32 Å². The lowest BCUT2D eigenvalue weighted by atomic mass is 9.94. The second-order valence-corrected chi connectivity index (χ2v) is 6.09. The van der Waals surface area contributed by atoms with Gasteiger partial charge in [-0.1, -0.05) is 18.6 Å². The zero-order valence-corrected chi connectivity index (χ0v) is 11.5. The van der Waals surface area contributed by atoms with Gasteiger partial charge >= 0.3 is 0 Å². The molecule has 3 unspecified atom stereocenters. The third-order valence-electron chi connectivity index (χ3n) is 4.79. The molecule has 1 aromatic rings. The van der Waals surface area contributed by atoms with Crippen LogP contribution in [0.3, 0.4) is 0 Å². The molecule has 0 aromatic heterocycles. The third-order valence-corrected chi connectivity index (χ3v) is 4.79. The summed E-state index contributed by atoms with van der Waals surface area (Å²) in [5.41, 5.74) is 2.69. The summed E-state index contributed by atoms with van der Waals surface area (Å²) < 4.78 is 0. The van der Waals surface area contributed by atoms with Gasteiger partial charge in [-0.25, -0.2) is 0 Å². The summed E-state index contributed by atoms with van der Waals surface area (Å²) in [6.45, 7) is 4.56. The maximum absolute atomic E-state index is 3.73. The van der Waals surface area contributed by atoms with Gasteiger partial charge in [0.15, 0.2) is 0 Å². The van der Waals surface area contributed by atoms with Gasteiger partial charge < -0.3 is 10.2 Å². The largest absolute Gasteiger partial charge is 0.373 e. The molecule has 1 N–H and O–H groups in total. The first-order chi connectivity index (χ1) is 8.74. The predicted molar refractivity (Wildman–Crippen MR) is 77.1 cm³/mol. The van der Waals surface area contributed by atoms with Crippen LogP contribution < -0.4 is 10.2 Å². The second-order valence-electron chi connectivity index (χ2n) is 6.09. The lowest BCUT2D eigenvalue weighted by Gasteiger charge is -2.27. The van der Waals surface area contributed by atoms with Crippen molar-refractivity contribution in [3.8, 4) is 0 Å². The second kappa shape index (κ2) is 4.93. The number of benzene rings is 1. The number of hydrogen-bond acceptors (Lipinski definition) is 2. The van der Waals surface area contributed by atoms with E-state index in [2.05, 4.69) is 48.5 Å². The summed E-state index contributed by atoms with van der Waals surface area (Å²) in [5.74, 6) is 1.89. The van der Waals surface area contributed by atoms with Crippen LogP contribution >= 0.6 is 0 Å². The molecule has 1 saturated heterocycles. The molecule has 0 bridgehead atoms. The average Bonchev–Trinajstić information content (AvgIpc) is 2.94. The van der Waals surface area contributed by atoms with Crippen LogP contribution in [0.25, 0.3) is 0 Å². The molecule has 2 nitrogen and oxygen atoms in total. The highest BCUT2D eigenvalue weighted by molar-refractivity contribution is 5.47. The van der Waals surface area contributed by atoms with Gasteiger partial charge in [0.05, 0.1) is 0 Å². The molecule has 1 aliphatic carbocycles. The fourth-order valence-electron chi connectivity index (χ4n) is 3.77. The highest BCUT2D eigenvalue weighted by atomic mass is 15.1. The van der Waals surface area contributed by atoms with Gasteiger partial charge in [0.1, 0.15) is 0 Å². The van der Waals surface area contributed by atoms with Crippen molar-refractivity contribution in [2.45, 2.75) is 32.2 Å². The molecule has 1 heterocycles. The third kappa shape index (κ3) is 2.26. The Kier molecular flexibility index (Phi) is 3.29. The molecule has 1 aliphatic heterocycles. The molecule has 2 fully saturated rings. The van der Waals surface area contributed by atoms with E-state index in [-0.39, 0.29) is 0 Å². The number of likely N-dealkylation sites (N-methyl/N-ethyl adjacent to an activating group) is 1. The topological polar surface area (TPSA) is 15.3 Å². The molecule has 3 atom stereocenters. The Hall–Kier alpha value is -1.02. The number of aryl methyl sites for hydroxylation is 1. The van der Waals surface area contributed by atoms with E-state index in [9.17, 15) is 0 Å². The smallest absolute Gasteiger partial charge is 0.0366 e. The van der Waals surface area contributed by atoms with E-state index in [4.69, 9.17) is 0 Å². The first kappa shape index (κ1) is 12.0. The van der Waals surface area contributed by atoms with Crippen LogP contribution in [0.1, 0.15) is 24.8 Å². The van der Waals surface area contributed by atoms with Gasteiger partial charge in [0.25, 0.3) is 0 Å². The molecule has 0 amide bonds. The fraction of sp³-hybridized carbons (Fsp3) is 0.625. The van der Waals surface area contributed by atoms with Gasteiger partial charge in [-0.2, -0.15) is 0 Å².